The van der Waals surface area contributed by atoms with Crippen molar-refractivity contribution in [3.8, 4) is 0 Å². The Morgan fingerprint density at radius 2 is 1.47 bits per heavy atom. The molecule has 0 aliphatic heterocycles. The zero-order chi connectivity index (χ0) is 21.1. The summed E-state index contributed by atoms with van der Waals surface area (Å²) in [4.78, 5) is 13.1. The lowest BCUT2D eigenvalue weighted by Crippen LogP contribution is -2.43. The van der Waals surface area contributed by atoms with E-state index in [2.05, 4.69) is 15.1 Å². The molecule has 0 aliphatic carbocycles. The molecule has 4 rings (SSSR count). The van der Waals surface area contributed by atoms with Gasteiger partial charge in [0.15, 0.2) is 5.60 Å². The smallest absolute Gasteiger partial charge is 0.281 e. The van der Waals surface area contributed by atoms with E-state index in [1.54, 1.807) is 54.7 Å². The Labute approximate surface area is 175 Å². The van der Waals surface area contributed by atoms with Gasteiger partial charge in [-0.15, -0.1) is 0 Å². The first-order valence-electron chi connectivity index (χ1n) is 9.74. The maximum Gasteiger partial charge on any atom is 0.281 e. The zero-order valence-electron chi connectivity index (χ0n) is 16.9. The second-order valence-electron chi connectivity index (χ2n) is 7.22. The van der Waals surface area contributed by atoms with Gasteiger partial charge in [-0.2, -0.15) is 5.10 Å². The number of aryl methyl sites for hydroxylation is 1. The van der Waals surface area contributed by atoms with Crippen molar-refractivity contribution in [2.75, 3.05) is 0 Å². The first-order valence-corrected chi connectivity index (χ1v) is 9.74. The lowest BCUT2D eigenvalue weighted by atomic mass is 9.85. The number of amides is 1. The minimum atomic E-state index is -1.85. The van der Waals surface area contributed by atoms with Crippen LogP contribution in [0.25, 0.3) is 10.9 Å². The molecule has 3 aromatic carbocycles. The number of carbonyl (C=O) groups excluding carboxylic acids is 1. The van der Waals surface area contributed by atoms with E-state index in [9.17, 15) is 9.90 Å². The molecule has 1 amide bonds. The van der Waals surface area contributed by atoms with Crippen LogP contribution >= 0.6 is 0 Å². The van der Waals surface area contributed by atoms with Crippen LogP contribution < -0.4 is 5.43 Å². The fourth-order valence-electron chi connectivity index (χ4n) is 3.74. The number of para-hydroxylation sites is 1. The molecule has 0 fully saturated rings. The number of aromatic nitrogens is 1. The minimum absolute atomic E-state index is 0.477. The minimum Gasteiger partial charge on any atom is -0.372 e. The van der Waals surface area contributed by atoms with E-state index in [1.165, 1.54) is 0 Å². The van der Waals surface area contributed by atoms with Crippen molar-refractivity contribution >= 4 is 23.0 Å². The molecular formula is C25H23N3O2. The topological polar surface area (TPSA) is 66.6 Å². The van der Waals surface area contributed by atoms with Crippen molar-refractivity contribution in [1.82, 2.24) is 9.99 Å². The third-order valence-electron chi connectivity index (χ3n) is 5.52. The Bertz CT molecular complexity index is 1170. The summed E-state index contributed by atoms with van der Waals surface area (Å²) in [7, 11) is 2.00. The zero-order valence-corrected chi connectivity index (χ0v) is 16.9. The highest BCUT2D eigenvalue weighted by atomic mass is 16.3. The quantitative estimate of drug-likeness (QED) is 0.397. The number of carbonyl (C=O) groups is 1. The molecule has 1 aromatic heterocycles. The summed E-state index contributed by atoms with van der Waals surface area (Å²) in [6.07, 6.45) is 1.63. The van der Waals surface area contributed by atoms with Crippen LogP contribution in [-0.2, 0) is 17.4 Å². The molecule has 2 N–H and O–H groups in total. The molecule has 0 spiro atoms. The van der Waals surface area contributed by atoms with E-state index < -0.39 is 11.5 Å². The number of hydrogen-bond acceptors (Lipinski definition) is 3. The van der Waals surface area contributed by atoms with E-state index in [1.807, 2.05) is 50.4 Å². The predicted molar refractivity (Wildman–Crippen MR) is 119 cm³/mol. The second-order valence-corrected chi connectivity index (χ2v) is 7.22. The van der Waals surface area contributed by atoms with Gasteiger partial charge in [-0.3, -0.25) is 4.79 Å². The Morgan fingerprint density at radius 3 is 2.07 bits per heavy atom. The molecule has 0 atom stereocenters. The Kier molecular flexibility index (Phi) is 5.21. The van der Waals surface area contributed by atoms with Crippen LogP contribution in [0.15, 0.2) is 90.0 Å². The lowest BCUT2D eigenvalue weighted by molar-refractivity contribution is -0.136. The van der Waals surface area contributed by atoms with Gasteiger partial charge in [0.25, 0.3) is 5.91 Å². The maximum atomic E-state index is 13.1. The highest BCUT2D eigenvalue weighted by Gasteiger charge is 2.39. The van der Waals surface area contributed by atoms with Gasteiger partial charge in [-0.25, -0.2) is 5.43 Å². The molecular weight excluding hydrogens is 374 g/mol. The summed E-state index contributed by atoms with van der Waals surface area (Å²) in [5, 5.41) is 16.7. The average Bonchev–Trinajstić information content (AvgIpc) is 3.04. The molecule has 0 radical (unpaired) electrons. The molecule has 0 unspecified atom stereocenters. The van der Waals surface area contributed by atoms with E-state index in [4.69, 9.17) is 0 Å². The number of aliphatic hydroxyl groups is 1. The summed E-state index contributed by atoms with van der Waals surface area (Å²) < 4.78 is 2.09. The van der Waals surface area contributed by atoms with Crippen LogP contribution in [0.2, 0.25) is 0 Å². The van der Waals surface area contributed by atoms with Crippen molar-refractivity contribution in [3.05, 3.63) is 107 Å². The number of nitrogens with one attached hydrogen (secondary N) is 1. The first-order chi connectivity index (χ1) is 14.5. The summed E-state index contributed by atoms with van der Waals surface area (Å²) in [5.74, 6) is -0.617. The van der Waals surface area contributed by atoms with Crippen molar-refractivity contribution in [1.29, 1.82) is 0 Å². The van der Waals surface area contributed by atoms with Gasteiger partial charge in [0.1, 0.15) is 0 Å². The molecule has 0 saturated carbocycles. The summed E-state index contributed by atoms with van der Waals surface area (Å²) in [5.41, 5.74) is 4.70. The molecule has 5 nitrogen and oxygen atoms in total. The van der Waals surface area contributed by atoms with Crippen molar-refractivity contribution in [2.24, 2.45) is 12.1 Å². The third-order valence-corrected chi connectivity index (χ3v) is 5.52. The normalized spacial score (nSPS) is 11.8. The standard InChI is InChI=1S/C25H23N3O2/c1-18-22(21-15-9-10-16-23(21)28(18)2)17-26-27-24(29)25(30,19-11-5-3-6-12-19)20-13-7-4-8-14-20/h3-17,30H,1-2H3,(H,27,29)/b26-17+. The third kappa shape index (κ3) is 3.29. The van der Waals surface area contributed by atoms with Gasteiger partial charge in [0.2, 0.25) is 0 Å². The van der Waals surface area contributed by atoms with E-state index in [0.29, 0.717) is 11.1 Å². The second kappa shape index (κ2) is 7.97. The molecule has 0 bridgehead atoms. The van der Waals surface area contributed by atoms with Crippen LogP contribution in [0.5, 0.6) is 0 Å². The summed E-state index contributed by atoms with van der Waals surface area (Å²) in [6, 6.07) is 25.8. The van der Waals surface area contributed by atoms with Gasteiger partial charge in [0, 0.05) is 29.2 Å². The Morgan fingerprint density at radius 1 is 0.933 bits per heavy atom. The van der Waals surface area contributed by atoms with Crippen LogP contribution in [-0.4, -0.2) is 21.8 Å². The van der Waals surface area contributed by atoms with Crippen molar-refractivity contribution in [2.45, 2.75) is 12.5 Å². The van der Waals surface area contributed by atoms with Gasteiger partial charge < -0.3 is 9.67 Å². The summed E-state index contributed by atoms with van der Waals surface area (Å²) in [6.45, 7) is 2.01. The predicted octanol–water partition coefficient (Wildman–Crippen LogP) is 3.87. The summed E-state index contributed by atoms with van der Waals surface area (Å²) >= 11 is 0. The van der Waals surface area contributed by atoms with Gasteiger partial charge in [-0.05, 0) is 24.1 Å². The van der Waals surface area contributed by atoms with E-state index in [-0.39, 0.29) is 0 Å². The molecule has 1 heterocycles. The highest BCUT2D eigenvalue weighted by molar-refractivity contribution is 6.01. The molecule has 30 heavy (non-hydrogen) atoms. The largest absolute Gasteiger partial charge is 0.372 e. The Balaban J connectivity index is 1.67. The molecule has 5 heteroatoms. The molecule has 0 aliphatic rings. The monoisotopic (exact) mass is 397 g/mol. The van der Waals surface area contributed by atoms with Crippen LogP contribution in [0, 0.1) is 6.92 Å². The molecule has 0 saturated heterocycles. The fourth-order valence-corrected chi connectivity index (χ4v) is 3.74. The van der Waals surface area contributed by atoms with E-state index >= 15 is 0 Å². The number of hydrogen-bond donors (Lipinski definition) is 2. The number of benzene rings is 3. The van der Waals surface area contributed by atoms with E-state index in [0.717, 1.165) is 22.2 Å². The average molecular weight is 397 g/mol. The van der Waals surface area contributed by atoms with Gasteiger partial charge in [0.05, 0.1) is 6.21 Å². The van der Waals surface area contributed by atoms with Gasteiger partial charge in [-0.1, -0.05) is 78.9 Å². The van der Waals surface area contributed by atoms with Crippen LogP contribution in [0.1, 0.15) is 22.4 Å². The van der Waals surface area contributed by atoms with Crippen LogP contribution in [0.4, 0.5) is 0 Å². The fraction of sp³-hybridized carbons (Fsp3) is 0.120. The number of hydrazone groups is 1. The molecule has 150 valence electrons. The maximum absolute atomic E-state index is 13.1. The van der Waals surface area contributed by atoms with Crippen molar-refractivity contribution in [3.63, 3.8) is 0 Å². The number of fused-ring (bicyclic) bond motifs is 1. The molecule has 4 aromatic rings. The van der Waals surface area contributed by atoms with Gasteiger partial charge >= 0.3 is 0 Å². The Hall–Kier alpha value is -3.70. The lowest BCUT2D eigenvalue weighted by Gasteiger charge is -2.27. The number of rotatable bonds is 5. The van der Waals surface area contributed by atoms with Crippen molar-refractivity contribution < 1.29 is 9.90 Å². The SMILES string of the molecule is Cc1c(/C=N/NC(=O)C(O)(c2ccccc2)c2ccccc2)c2ccccc2n1C. The highest BCUT2D eigenvalue weighted by Crippen LogP contribution is 2.30. The number of nitrogens with zero attached hydrogens (tertiary/aromatic N) is 2. The van der Waals surface area contributed by atoms with Crippen LogP contribution in [0.3, 0.4) is 0 Å². The first kappa shape index (κ1) is 19.6.